The Morgan fingerprint density at radius 1 is 1.47 bits per heavy atom. The minimum absolute atomic E-state index is 0.0406. The van der Waals surface area contributed by atoms with Crippen LogP contribution < -0.4 is 0 Å². The van der Waals surface area contributed by atoms with Crippen LogP contribution in [0.1, 0.15) is 46.5 Å². The van der Waals surface area contributed by atoms with Gasteiger partial charge in [-0.05, 0) is 25.3 Å². The molecule has 1 unspecified atom stereocenters. The smallest absolute Gasteiger partial charge is 0.313 e. The summed E-state index contributed by atoms with van der Waals surface area (Å²) in [7, 11) is 0. The van der Waals surface area contributed by atoms with Crippen LogP contribution in [0.25, 0.3) is 0 Å². The topological polar surface area (TPSA) is 26.3 Å². The third kappa shape index (κ3) is 6.10. The maximum absolute atomic E-state index is 11.6. The molecule has 2 nitrogen and oxygen atoms in total. The molecule has 0 radical (unpaired) electrons. The summed E-state index contributed by atoms with van der Waals surface area (Å²) in [5.41, 5.74) is 0.869. The van der Waals surface area contributed by atoms with Gasteiger partial charge in [0.15, 0.2) is 0 Å². The van der Waals surface area contributed by atoms with Crippen molar-refractivity contribution in [3.8, 4) is 0 Å². The molecule has 0 aromatic rings. The fourth-order valence-corrected chi connectivity index (χ4v) is 1.23. The van der Waals surface area contributed by atoms with E-state index in [2.05, 4.69) is 13.5 Å². The van der Waals surface area contributed by atoms with Crippen LogP contribution in [0.15, 0.2) is 24.5 Å². The van der Waals surface area contributed by atoms with Crippen molar-refractivity contribution in [1.29, 1.82) is 0 Å². The molecular formula is C13H22O2. The number of allylic oxidation sites excluding steroid dienone is 2. The molecule has 0 rings (SSSR count). The van der Waals surface area contributed by atoms with Gasteiger partial charge in [-0.15, -0.1) is 0 Å². The molecule has 2 heteroatoms. The predicted octanol–water partition coefficient (Wildman–Crippen LogP) is 3.84. The van der Waals surface area contributed by atoms with Gasteiger partial charge in [0.05, 0.1) is 12.2 Å². The van der Waals surface area contributed by atoms with Crippen LogP contribution in [0.5, 0.6) is 0 Å². The predicted molar refractivity (Wildman–Crippen MR) is 63.4 cm³/mol. The molecule has 0 spiro atoms. The molecule has 0 fully saturated rings. The van der Waals surface area contributed by atoms with E-state index in [4.69, 9.17) is 4.74 Å². The van der Waals surface area contributed by atoms with Crippen molar-refractivity contribution >= 4 is 5.97 Å². The highest BCUT2D eigenvalue weighted by atomic mass is 16.5. The largest absolute Gasteiger partial charge is 0.434 e. The Morgan fingerprint density at radius 2 is 2.13 bits per heavy atom. The third-order valence-electron chi connectivity index (χ3n) is 2.42. The Bertz CT molecular complexity index is 229. The SMILES string of the molecule is C=CC(C)=COC(=O)C(CC)CCCC. The monoisotopic (exact) mass is 210 g/mol. The van der Waals surface area contributed by atoms with Gasteiger partial charge in [0.25, 0.3) is 0 Å². The van der Waals surface area contributed by atoms with Crippen LogP contribution in [0.2, 0.25) is 0 Å². The van der Waals surface area contributed by atoms with E-state index in [0.29, 0.717) is 0 Å². The highest BCUT2D eigenvalue weighted by Gasteiger charge is 2.16. The second kappa shape index (κ2) is 8.27. The minimum atomic E-state index is -0.118. The molecule has 1 atom stereocenters. The first-order valence-corrected chi connectivity index (χ1v) is 5.65. The molecule has 0 heterocycles. The maximum Gasteiger partial charge on any atom is 0.313 e. The minimum Gasteiger partial charge on any atom is -0.434 e. The average molecular weight is 210 g/mol. The zero-order valence-electron chi connectivity index (χ0n) is 10.1. The van der Waals surface area contributed by atoms with E-state index in [0.717, 1.165) is 31.3 Å². The third-order valence-corrected chi connectivity index (χ3v) is 2.42. The molecule has 0 aliphatic carbocycles. The van der Waals surface area contributed by atoms with Crippen LogP contribution in [-0.2, 0) is 9.53 Å². The summed E-state index contributed by atoms with van der Waals surface area (Å²) in [6, 6.07) is 0. The Morgan fingerprint density at radius 3 is 2.60 bits per heavy atom. The molecule has 0 aromatic carbocycles. The van der Waals surface area contributed by atoms with Crippen LogP contribution in [0.3, 0.4) is 0 Å². The van der Waals surface area contributed by atoms with E-state index in [1.165, 1.54) is 6.26 Å². The van der Waals surface area contributed by atoms with Gasteiger partial charge in [0.2, 0.25) is 0 Å². The maximum atomic E-state index is 11.6. The van der Waals surface area contributed by atoms with Crippen molar-refractivity contribution in [1.82, 2.24) is 0 Å². The first-order chi connectivity index (χ1) is 7.15. The van der Waals surface area contributed by atoms with E-state index >= 15 is 0 Å². The lowest BCUT2D eigenvalue weighted by Gasteiger charge is -2.11. The number of unbranched alkanes of at least 4 members (excludes halogenated alkanes) is 1. The van der Waals surface area contributed by atoms with E-state index in [1.807, 2.05) is 13.8 Å². The first-order valence-electron chi connectivity index (χ1n) is 5.65. The van der Waals surface area contributed by atoms with Gasteiger partial charge < -0.3 is 4.74 Å². The second-order valence-corrected chi connectivity index (χ2v) is 3.75. The van der Waals surface area contributed by atoms with Crippen molar-refractivity contribution in [3.05, 3.63) is 24.5 Å². The summed E-state index contributed by atoms with van der Waals surface area (Å²) in [6.45, 7) is 9.59. The number of rotatable bonds is 7. The zero-order chi connectivity index (χ0) is 11.7. The van der Waals surface area contributed by atoms with Crippen LogP contribution in [0, 0.1) is 5.92 Å². The van der Waals surface area contributed by atoms with Gasteiger partial charge in [0, 0.05) is 0 Å². The summed E-state index contributed by atoms with van der Waals surface area (Å²) in [5, 5.41) is 0. The summed E-state index contributed by atoms with van der Waals surface area (Å²) >= 11 is 0. The van der Waals surface area contributed by atoms with Gasteiger partial charge in [-0.25, -0.2) is 0 Å². The summed E-state index contributed by atoms with van der Waals surface area (Å²) in [5.74, 6) is -0.0778. The first kappa shape index (κ1) is 13.9. The molecule has 0 saturated carbocycles. The number of ether oxygens (including phenoxy) is 1. The molecule has 0 aromatic heterocycles. The van der Waals surface area contributed by atoms with Crippen molar-refractivity contribution in [2.45, 2.75) is 46.5 Å². The summed E-state index contributed by atoms with van der Waals surface area (Å²) in [6.07, 6.45) is 7.11. The Hall–Kier alpha value is -1.05. The molecule has 0 aliphatic rings. The fourth-order valence-electron chi connectivity index (χ4n) is 1.23. The number of carbonyl (C=O) groups is 1. The molecule has 0 aliphatic heterocycles. The molecule has 15 heavy (non-hydrogen) atoms. The van der Waals surface area contributed by atoms with Crippen LogP contribution in [-0.4, -0.2) is 5.97 Å². The molecule has 0 saturated heterocycles. The van der Waals surface area contributed by atoms with Crippen molar-refractivity contribution in [2.24, 2.45) is 5.92 Å². The quantitative estimate of drug-likeness (QED) is 0.362. The number of carbonyl (C=O) groups excluding carboxylic acids is 1. The highest BCUT2D eigenvalue weighted by Crippen LogP contribution is 2.14. The van der Waals surface area contributed by atoms with Gasteiger partial charge in [0.1, 0.15) is 0 Å². The van der Waals surface area contributed by atoms with Crippen LogP contribution >= 0.6 is 0 Å². The molecule has 0 amide bonds. The lowest BCUT2D eigenvalue weighted by Crippen LogP contribution is -2.14. The Labute approximate surface area is 93.0 Å². The zero-order valence-corrected chi connectivity index (χ0v) is 10.1. The molecule has 0 bridgehead atoms. The summed E-state index contributed by atoms with van der Waals surface area (Å²) < 4.78 is 5.07. The van der Waals surface area contributed by atoms with E-state index < -0.39 is 0 Å². The number of hydrogen-bond acceptors (Lipinski definition) is 2. The lowest BCUT2D eigenvalue weighted by molar-refractivity contribution is -0.143. The lowest BCUT2D eigenvalue weighted by atomic mass is 10.00. The highest BCUT2D eigenvalue weighted by molar-refractivity contribution is 5.73. The van der Waals surface area contributed by atoms with Crippen LogP contribution in [0.4, 0.5) is 0 Å². The number of hydrogen-bond donors (Lipinski definition) is 0. The molecule has 86 valence electrons. The second-order valence-electron chi connectivity index (χ2n) is 3.75. The fraction of sp³-hybridized carbons (Fsp3) is 0.615. The van der Waals surface area contributed by atoms with Gasteiger partial charge in [-0.2, -0.15) is 0 Å². The van der Waals surface area contributed by atoms with Gasteiger partial charge in [-0.3, -0.25) is 4.79 Å². The normalized spacial score (nSPS) is 13.4. The Kier molecular flexibility index (Phi) is 7.69. The molecule has 0 N–H and O–H groups in total. The molecular weight excluding hydrogens is 188 g/mol. The van der Waals surface area contributed by atoms with Gasteiger partial charge in [-0.1, -0.05) is 39.3 Å². The number of esters is 1. The van der Waals surface area contributed by atoms with E-state index in [9.17, 15) is 4.79 Å². The van der Waals surface area contributed by atoms with Crippen molar-refractivity contribution < 1.29 is 9.53 Å². The van der Waals surface area contributed by atoms with E-state index in [1.54, 1.807) is 6.08 Å². The summed E-state index contributed by atoms with van der Waals surface area (Å²) in [4.78, 5) is 11.6. The van der Waals surface area contributed by atoms with Crippen molar-refractivity contribution in [3.63, 3.8) is 0 Å². The Balaban J connectivity index is 4.09. The average Bonchev–Trinajstić information content (AvgIpc) is 2.26. The van der Waals surface area contributed by atoms with Gasteiger partial charge >= 0.3 is 5.97 Å². The van der Waals surface area contributed by atoms with E-state index in [-0.39, 0.29) is 11.9 Å². The standard InChI is InChI=1S/C13H22O2/c1-5-8-9-12(7-3)13(14)15-10-11(4)6-2/h6,10,12H,2,5,7-9H2,1,3-4H3. The van der Waals surface area contributed by atoms with Crippen molar-refractivity contribution in [2.75, 3.05) is 0 Å².